The highest BCUT2D eigenvalue weighted by atomic mass is 19.4. The first-order valence-electron chi connectivity index (χ1n) is 9.04. The van der Waals surface area contributed by atoms with Crippen LogP contribution in [0.2, 0.25) is 0 Å². The standard InChI is InChI=1S/C21H22F3N5/c1-13-7-8-15(10-16(13)21(22,23)24)26-18-11-17(14-6-5-9-25-12-14)27-19(28-18)29-20(2,3)4/h5-12H,1-4H3,(H2,26,27,28,29). The first-order valence-corrected chi connectivity index (χ1v) is 9.04. The van der Waals surface area contributed by atoms with Gasteiger partial charge in [-0.2, -0.15) is 18.2 Å². The third-order valence-corrected chi connectivity index (χ3v) is 3.99. The molecule has 0 aliphatic rings. The van der Waals surface area contributed by atoms with Crippen LogP contribution in [0.5, 0.6) is 0 Å². The summed E-state index contributed by atoms with van der Waals surface area (Å²) in [4.78, 5) is 13.0. The zero-order valence-electron chi connectivity index (χ0n) is 16.6. The zero-order chi connectivity index (χ0) is 21.2. The molecule has 0 unspecified atom stereocenters. The van der Waals surface area contributed by atoms with Crippen molar-refractivity contribution in [3.05, 3.63) is 59.9 Å². The minimum Gasteiger partial charge on any atom is -0.350 e. The largest absolute Gasteiger partial charge is 0.416 e. The lowest BCUT2D eigenvalue weighted by molar-refractivity contribution is -0.138. The van der Waals surface area contributed by atoms with Crippen molar-refractivity contribution < 1.29 is 13.2 Å². The van der Waals surface area contributed by atoms with Gasteiger partial charge < -0.3 is 10.6 Å². The van der Waals surface area contributed by atoms with Crippen molar-refractivity contribution in [3.8, 4) is 11.3 Å². The second-order valence-corrected chi connectivity index (χ2v) is 7.73. The molecule has 2 heterocycles. The SMILES string of the molecule is Cc1ccc(Nc2cc(-c3cccnc3)nc(NC(C)(C)C)n2)cc1C(F)(F)F. The molecular formula is C21H22F3N5. The summed E-state index contributed by atoms with van der Waals surface area (Å²) in [5, 5.41) is 6.17. The number of nitrogens with one attached hydrogen (secondary N) is 2. The van der Waals surface area contributed by atoms with Crippen molar-refractivity contribution in [2.24, 2.45) is 0 Å². The summed E-state index contributed by atoms with van der Waals surface area (Å²) in [5.41, 5.74) is 0.854. The summed E-state index contributed by atoms with van der Waals surface area (Å²) >= 11 is 0. The molecule has 0 atom stereocenters. The van der Waals surface area contributed by atoms with E-state index in [4.69, 9.17) is 0 Å². The number of pyridine rings is 1. The van der Waals surface area contributed by atoms with Gasteiger partial charge in [-0.3, -0.25) is 4.98 Å². The van der Waals surface area contributed by atoms with Crippen LogP contribution in [0.1, 0.15) is 31.9 Å². The normalized spacial score (nSPS) is 12.0. The average molecular weight is 401 g/mol. The maximum Gasteiger partial charge on any atom is 0.416 e. The molecule has 5 nitrogen and oxygen atoms in total. The van der Waals surface area contributed by atoms with Gasteiger partial charge in [0.15, 0.2) is 0 Å². The molecule has 152 valence electrons. The molecule has 0 amide bonds. The molecule has 0 bridgehead atoms. The fourth-order valence-electron chi connectivity index (χ4n) is 2.72. The van der Waals surface area contributed by atoms with Crippen LogP contribution in [-0.4, -0.2) is 20.5 Å². The molecule has 0 aliphatic carbocycles. The van der Waals surface area contributed by atoms with E-state index in [-0.39, 0.29) is 11.1 Å². The van der Waals surface area contributed by atoms with Crippen LogP contribution in [0.3, 0.4) is 0 Å². The lowest BCUT2D eigenvalue weighted by atomic mass is 10.1. The van der Waals surface area contributed by atoms with Crippen LogP contribution in [-0.2, 0) is 6.18 Å². The minimum absolute atomic E-state index is 0.164. The van der Waals surface area contributed by atoms with Crippen molar-refractivity contribution in [1.82, 2.24) is 15.0 Å². The fraction of sp³-hybridized carbons (Fsp3) is 0.286. The Balaban J connectivity index is 2.01. The summed E-state index contributed by atoms with van der Waals surface area (Å²) in [7, 11) is 0. The number of aromatic nitrogens is 3. The summed E-state index contributed by atoms with van der Waals surface area (Å²) in [5.74, 6) is 0.743. The van der Waals surface area contributed by atoms with Gasteiger partial charge in [-0.05, 0) is 57.5 Å². The molecule has 29 heavy (non-hydrogen) atoms. The number of alkyl halides is 3. The van der Waals surface area contributed by atoms with Gasteiger partial charge in [-0.1, -0.05) is 6.07 Å². The summed E-state index contributed by atoms with van der Waals surface area (Å²) in [6.45, 7) is 7.34. The maximum atomic E-state index is 13.2. The van der Waals surface area contributed by atoms with Crippen LogP contribution >= 0.6 is 0 Å². The highest BCUT2D eigenvalue weighted by Crippen LogP contribution is 2.34. The van der Waals surface area contributed by atoms with Gasteiger partial charge in [-0.15, -0.1) is 0 Å². The molecule has 0 saturated carbocycles. The van der Waals surface area contributed by atoms with Crippen molar-refractivity contribution in [2.45, 2.75) is 39.4 Å². The van der Waals surface area contributed by atoms with Gasteiger partial charge in [0.2, 0.25) is 5.95 Å². The van der Waals surface area contributed by atoms with Crippen molar-refractivity contribution >= 4 is 17.5 Å². The molecule has 3 rings (SSSR count). The fourth-order valence-corrected chi connectivity index (χ4v) is 2.72. The predicted octanol–water partition coefficient (Wildman–Crippen LogP) is 5.82. The quantitative estimate of drug-likeness (QED) is 0.577. The summed E-state index contributed by atoms with van der Waals surface area (Å²) < 4.78 is 39.7. The number of benzene rings is 1. The van der Waals surface area contributed by atoms with Gasteiger partial charge in [-0.25, -0.2) is 4.98 Å². The molecule has 2 N–H and O–H groups in total. The first kappa shape index (κ1) is 20.6. The molecule has 0 aliphatic heterocycles. The van der Waals surface area contributed by atoms with E-state index < -0.39 is 11.7 Å². The summed E-state index contributed by atoms with van der Waals surface area (Å²) in [6.07, 6.45) is -1.10. The Morgan fingerprint density at radius 2 is 1.72 bits per heavy atom. The van der Waals surface area contributed by atoms with E-state index in [1.54, 1.807) is 30.6 Å². The number of halogens is 3. The Morgan fingerprint density at radius 3 is 2.34 bits per heavy atom. The van der Waals surface area contributed by atoms with Crippen LogP contribution < -0.4 is 10.6 Å². The molecule has 0 spiro atoms. The van der Waals surface area contributed by atoms with Gasteiger partial charge in [0, 0.05) is 35.2 Å². The van der Waals surface area contributed by atoms with E-state index in [9.17, 15) is 13.2 Å². The van der Waals surface area contributed by atoms with Crippen molar-refractivity contribution in [3.63, 3.8) is 0 Å². The Labute approximate surface area is 167 Å². The molecule has 0 radical (unpaired) electrons. The van der Waals surface area contributed by atoms with E-state index >= 15 is 0 Å². The van der Waals surface area contributed by atoms with Gasteiger partial charge >= 0.3 is 6.18 Å². The predicted molar refractivity (Wildman–Crippen MR) is 108 cm³/mol. The zero-order valence-corrected chi connectivity index (χ0v) is 16.6. The molecular weight excluding hydrogens is 379 g/mol. The van der Waals surface area contributed by atoms with E-state index in [0.717, 1.165) is 11.6 Å². The maximum absolute atomic E-state index is 13.2. The van der Waals surface area contributed by atoms with E-state index in [0.29, 0.717) is 23.1 Å². The van der Waals surface area contributed by atoms with Crippen molar-refractivity contribution in [2.75, 3.05) is 10.6 Å². The second-order valence-electron chi connectivity index (χ2n) is 7.73. The number of rotatable bonds is 4. The number of hydrogen-bond acceptors (Lipinski definition) is 5. The molecule has 0 saturated heterocycles. The van der Waals surface area contributed by atoms with Gasteiger partial charge in [0.1, 0.15) is 5.82 Å². The first-order chi connectivity index (χ1) is 13.5. The summed E-state index contributed by atoms with van der Waals surface area (Å²) in [6, 6.07) is 9.43. The Bertz CT molecular complexity index is 995. The number of hydrogen-bond donors (Lipinski definition) is 2. The highest BCUT2D eigenvalue weighted by Gasteiger charge is 2.32. The smallest absolute Gasteiger partial charge is 0.350 e. The molecule has 2 aromatic heterocycles. The monoisotopic (exact) mass is 401 g/mol. The van der Waals surface area contributed by atoms with Crippen LogP contribution in [0, 0.1) is 6.92 Å². The second kappa shape index (κ2) is 7.69. The lowest BCUT2D eigenvalue weighted by Crippen LogP contribution is -2.27. The molecule has 8 heteroatoms. The molecule has 3 aromatic rings. The molecule has 0 fully saturated rings. The van der Waals surface area contributed by atoms with Gasteiger partial charge in [0.05, 0.1) is 11.3 Å². The van der Waals surface area contributed by atoms with E-state index in [2.05, 4.69) is 25.6 Å². The minimum atomic E-state index is -4.42. The Morgan fingerprint density at radius 1 is 0.966 bits per heavy atom. The highest BCUT2D eigenvalue weighted by molar-refractivity contribution is 5.67. The van der Waals surface area contributed by atoms with Crippen molar-refractivity contribution in [1.29, 1.82) is 0 Å². The average Bonchev–Trinajstić information content (AvgIpc) is 2.61. The van der Waals surface area contributed by atoms with Crippen LogP contribution in [0.25, 0.3) is 11.3 Å². The molecule has 1 aromatic carbocycles. The topological polar surface area (TPSA) is 62.7 Å². The third-order valence-electron chi connectivity index (χ3n) is 3.99. The Hall–Kier alpha value is -3.16. The van der Waals surface area contributed by atoms with Crippen LogP contribution in [0.15, 0.2) is 48.8 Å². The Kier molecular flexibility index (Phi) is 5.46. The number of anilines is 3. The van der Waals surface area contributed by atoms with E-state index in [1.165, 1.54) is 13.0 Å². The van der Waals surface area contributed by atoms with Gasteiger partial charge in [0.25, 0.3) is 0 Å². The van der Waals surface area contributed by atoms with E-state index in [1.807, 2.05) is 26.8 Å². The lowest BCUT2D eigenvalue weighted by Gasteiger charge is -2.21. The third kappa shape index (κ3) is 5.43. The number of aryl methyl sites for hydroxylation is 1. The van der Waals surface area contributed by atoms with Crippen LogP contribution in [0.4, 0.5) is 30.6 Å². The number of nitrogens with zero attached hydrogens (tertiary/aromatic N) is 3.